The first-order valence-electron chi connectivity index (χ1n) is 6.75. The molecule has 24 heavy (non-hydrogen) atoms. The number of carbonyl (C=O) groups is 2. The van der Waals surface area contributed by atoms with E-state index in [4.69, 9.17) is 11.6 Å². The van der Waals surface area contributed by atoms with E-state index in [2.05, 4.69) is 16.2 Å². The number of nitrogens with one attached hydrogen (secondary N) is 3. The summed E-state index contributed by atoms with van der Waals surface area (Å²) in [6, 6.07) is 9.67. The topological polar surface area (TPSA) is 113 Å². The Balaban J connectivity index is 1.92. The van der Waals surface area contributed by atoms with Crippen molar-refractivity contribution in [2.24, 2.45) is 0 Å². The van der Waals surface area contributed by atoms with E-state index in [-0.39, 0.29) is 11.3 Å². The van der Waals surface area contributed by atoms with Crippen molar-refractivity contribution >= 4 is 34.9 Å². The van der Waals surface area contributed by atoms with Gasteiger partial charge in [-0.25, -0.2) is 10.2 Å². The van der Waals surface area contributed by atoms with E-state index >= 15 is 0 Å². The third-order valence-electron chi connectivity index (χ3n) is 3.05. The second-order valence-electron chi connectivity index (χ2n) is 4.80. The van der Waals surface area contributed by atoms with Crippen molar-refractivity contribution in [1.82, 2.24) is 10.9 Å². The molecule has 9 heteroatoms. The molecule has 0 bridgehead atoms. The predicted octanol–water partition coefficient (Wildman–Crippen LogP) is 3.02. The highest BCUT2D eigenvalue weighted by atomic mass is 35.5. The third-order valence-corrected chi connectivity index (χ3v) is 3.30. The predicted molar refractivity (Wildman–Crippen MR) is 88.9 cm³/mol. The fraction of sp³-hybridized carbons (Fsp3) is 0.0667. The summed E-state index contributed by atoms with van der Waals surface area (Å²) in [4.78, 5) is 33.8. The SMILES string of the molecule is Cc1cc(C(=O)NNC(=O)Nc2ccc(Cl)cc2)ccc1[N+](=O)[O-]. The maximum Gasteiger partial charge on any atom is 0.337 e. The first-order valence-corrected chi connectivity index (χ1v) is 7.12. The quantitative estimate of drug-likeness (QED) is 0.584. The summed E-state index contributed by atoms with van der Waals surface area (Å²) < 4.78 is 0. The second-order valence-corrected chi connectivity index (χ2v) is 5.23. The molecule has 0 heterocycles. The number of hydrazine groups is 1. The zero-order valence-corrected chi connectivity index (χ0v) is 13.3. The number of aryl methyl sites for hydroxylation is 1. The normalized spacial score (nSPS) is 9.92. The van der Waals surface area contributed by atoms with Gasteiger partial charge in [-0.1, -0.05) is 11.6 Å². The summed E-state index contributed by atoms with van der Waals surface area (Å²) in [5, 5.41) is 13.8. The van der Waals surface area contributed by atoms with Crippen LogP contribution < -0.4 is 16.2 Å². The van der Waals surface area contributed by atoms with Crippen molar-refractivity contribution in [3.63, 3.8) is 0 Å². The highest BCUT2D eigenvalue weighted by Crippen LogP contribution is 2.18. The lowest BCUT2D eigenvalue weighted by Gasteiger charge is -2.09. The van der Waals surface area contributed by atoms with Gasteiger partial charge in [-0.05, 0) is 43.3 Å². The summed E-state index contributed by atoms with van der Waals surface area (Å²) in [5.74, 6) is -0.598. The molecular formula is C15H13ClN4O4. The molecule has 0 radical (unpaired) electrons. The van der Waals surface area contributed by atoms with E-state index in [0.29, 0.717) is 16.3 Å². The van der Waals surface area contributed by atoms with Gasteiger partial charge in [0.15, 0.2) is 0 Å². The zero-order valence-electron chi connectivity index (χ0n) is 12.5. The Morgan fingerprint density at radius 3 is 2.33 bits per heavy atom. The fourth-order valence-corrected chi connectivity index (χ4v) is 2.01. The molecule has 8 nitrogen and oxygen atoms in total. The van der Waals surface area contributed by atoms with E-state index < -0.39 is 16.9 Å². The number of nitro benzene ring substituents is 1. The number of hydrogen-bond donors (Lipinski definition) is 3. The first-order chi connectivity index (χ1) is 11.4. The number of amides is 3. The van der Waals surface area contributed by atoms with Gasteiger partial charge in [0.25, 0.3) is 11.6 Å². The van der Waals surface area contributed by atoms with Gasteiger partial charge in [0.2, 0.25) is 0 Å². The molecule has 2 rings (SSSR count). The largest absolute Gasteiger partial charge is 0.337 e. The fourth-order valence-electron chi connectivity index (χ4n) is 1.88. The minimum atomic E-state index is -0.649. The number of rotatable bonds is 3. The average Bonchev–Trinajstić information content (AvgIpc) is 2.54. The van der Waals surface area contributed by atoms with E-state index in [0.717, 1.165) is 0 Å². The molecule has 0 saturated heterocycles. The lowest BCUT2D eigenvalue weighted by atomic mass is 10.1. The van der Waals surface area contributed by atoms with Gasteiger partial charge in [0, 0.05) is 27.9 Å². The Morgan fingerprint density at radius 2 is 1.75 bits per heavy atom. The lowest BCUT2D eigenvalue weighted by Crippen LogP contribution is -2.43. The van der Waals surface area contributed by atoms with E-state index in [9.17, 15) is 19.7 Å². The van der Waals surface area contributed by atoms with Gasteiger partial charge in [0.05, 0.1) is 4.92 Å². The van der Waals surface area contributed by atoms with Gasteiger partial charge < -0.3 is 5.32 Å². The van der Waals surface area contributed by atoms with Gasteiger partial charge in [-0.2, -0.15) is 0 Å². The van der Waals surface area contributed by atoms with E-state index in [1.54, 1.807) is 24.3 Å². The summed E-state index contributed by atoms with van der Waals surface area (Å²) in [6.45, 7) is 1.52. The van der Waals surface area contributed by atoms with Gasteiger partial charge in [-0.3, -0.25) is 20.3 Å². The molecule has 0 aliphatic heterocycles. The minimum Gasteiger partial charge on any atom is -0.307 e. The van der Waals surface area contributed by atoms with Gasteiger partial charge in [0.1, 0.15) is 0 Å². The van der Waals surface area contributed by atoms with E-state index in [1.165, 1.54) is 25.1 Å². The Morgan fingerprint density at radius 1 is 1.08 bits per heavy atom. The standard InChI is InChI=1S/C15H13ClN4O4/c1-9-8-10(2-7-13(9)20(23)24)14(21)18-19-15(22)17-12-5-3-11(16)4-6-12/h2-8H,1H3,(H,18,21)(H2,17,19,22). The number of nitro groups is 1. The van der Waals surface area contributed by atoms with Crippen LogP contribution in [0.4, 0.5) is 16.2 Å². The molecule has 2 aromatic rings. The number of benzene rings is 2. The molecule has 0 saturated carbocycles. The number of anilines is 1. The molecule has 0 spiro atoms. The molecule has 0 aliphatic rings. The zero-order chi connectivity index (χ0) is 17.7. The molecular weight excluding hydrogens is 336 g/mol. The molecule has 0 unspecified atom stereocenters. The van der Waals surface area contributed by atoms with Crippen LogP contribution in [0.2, 0.25) is 5.02 Å². The summed E-state index contributed by atoms with van der Waals surface area (Å²) in [6.07, 6.45) is 0. The molecule has 0 aliphatic carbocycles. The van der Waals surface area contributed by atoms with Gasteiger partial charge >= 0.3 is 6.03 Å². The number of urea groups is 1. The number of hydrogen-bond acceptors (Lipinski definition) is 4. The van der Waals surface area contributed by atoms with Crippen LogP contribution in [0.25, 0.3) is 0 Å². The molecule has 0 aromatic heterocycles. The Hall–Kier alpha value is -3.13. The smallest absolute Gasteiger partial charge is 0.307 e. The highest BCUT2D eigenvalue weighted by Gasteiger charge is 2.14. The summed E-state index contributed by atoms with van der Waals surface area (Å²) in [5.41, 5.74) is 5.34. The molecule has 3 N–H and O–H groups in total. The van der Waals surface area contributed by atoms with E-state index in [1.807, 2.05) is 0 Å². The third kappa shape index (κ3) is 4.43. The Bertz CT molecular complexity index is 793. The Labute approximate surface area is 141 Å². The van der Waals surface area contributed by atoms with Crippen molar-refractivity contribution in [3.8, 4) is 0 Å². The van der Waals surface area contributed by atoms with Crippen LogP contribution in [0, 0.1) is 17.0 Å². The van der Waals surface area contributed by atoms with Crippen LogP contribution in [-0.4, -0.2) is 16.9 Å². The molecule has 0 fully saturated rings. The van der Waals surface area contributed by atoms with Crippen LogP contribution >= 0.6 is 11.6 Å². The van der Waals surface area contributed by atoms with Crippen molar-refractivity contribution in [2.75, 3.05) is 5.32 Å². The minimum absolute atomic E-state index is 0.0833. The van der Waals surface area contributed by atoms with Crippen LogP contribution in [0.1, 0.15) is 15.9 Å². The van der Waals surface area contributed by atoms with Gasteiger partial charge in [-0.15, -0.1) is 0 Å². The van der Waals surface area contributed by atoms with Crippen LogP contribution in [0.15, 0.2) is 42.5 Å². The van der Waals surface area contributed by atoms with Crippen molar-refractivity contribution in [3.05, 3.63) is 68.7 Å². The molecule has 2 aromatic carbocycles. The summed E-state index contributed by atoms with van der Waals surface area (Å²) >= 11 is 5.73. The molecule has 124 valence electrons. The molecule has 3 amide bonds. The number of halogens is 1. The second kappa shape index (κ2) is 7.42. The maximum atomic E-state index is 11.9. The Kier molecular flexibility index (Phi) is 5.33. The summed E-state index contributed by atoms with van der Waals surface area (Å²) in [7, 11) is 0. The van der Waals surface area contributed by atoms with Crippen LogP contribution in [-0.2, 0) is 0 Å². The van der Waals surface area contributed by atoms with Crippen LogP contribution in [0.3, 0.4) is 0 Å². The number of carbonyl (C=O) groups excluding carboxylic acids is 2. The monoisotopic (exact) mass is 348 g/mol. The molecule has 0 atom stereocenters. The number of nitrogens with zero attached hydrogens (tertiary/aromatic N) is 1. The highest BCUT2D eigenvalue weighted by molar-refractivity contribution is 6.30. The van der Waals surface area contributed by atoms with Crippen LogP contribution in [0.5, 0.6) is 0 Å². The van der Waals surface area contributed by atoms with Crippen molar-refractivity contribution in [1.29, 1.82) is 0 Å². The van der Waals surface area contributed by atoms with Crippen molar-refractivity contribution in [2.45, 2.75) is 6.92 Å². The first kappa shape index (κ1) is 17.2. The van der Waals surface area contributed by atoms with Crippen molar-refractivity contribution < 1.29 is 14.5 Å². The lowest BCUT2D eigenvalue weighted by molar-refractivity contribution is -0.385. The average molecular weight is 349 g/mol. The maximum absolute atomic E-state index is 11.9.